The zero-order valence-electron chi connectivity index (χ0n) is 9.07. The van der Waals surface area contributed by atoms with Gasteiger partial charge in [0, 0.05) is 27.4 Å². The predicted octanol–water partition coefficient (Wildman–Crippen LogP) is 0.975. The number of carboxylic acid groups (broad SMARTS) is 1. The minimum Gasteiger partial charge on any atom is -0.481 e. The van der Waals surface area contributed by atoms with Crippen LogP contribution in [-0.2, 0) is 18.1 Å². The van der Waals surface area contributed by atoms with E-state index in [1.54, 1.807) is 6.92 Å². The van der Waals surface area contributed by atoms with Gasteiger partial charge < -0.3 is 18.4 Å². The quantitative estimate of drug-likeness (QED) is 0.650. The Morgan fingerprint density at radius 1 is 1.29 bits per heavy atom. The second-order valence-electron chi connectivity index (χ2n) is 3.07. The average Bonchev–Trinajstić information content (AvgIpc) is 2.20. The molecular formula is C8H18O5Si. The molecule has 0 aliphatic heterocycles. The number of rotatable bonds is 7. The summed E-state index contributed by atoms with van der Waals surface area (Å²) in [5.41, 5.74) is 0. The van der Waals surface area contributed by atoms with Crippen LogP contribution >= 0.6 is 0 Å². The zero-order valence-corrected chi connectivity index (χ0v) is 10.1. The van der Waals surface area contributed by atoms with Crippen molar-refractivity contribution in [3.05, 3.63) is 0 Å². The van der Waals surface area contributed by atoms with Crippen molar-refractivity contribution in [1.82, 2.24) is 0 Å². The first-order valence-corrected chi connectivity index (χ1v) is 6.32. The van der Waals surface area contributed by atoms with E-state index in [0.717, 1.165) is 0 Å². The molecule has 0 aliphatic carbocycles. The standard InChI is InChI=1S/C8H18O5Si/c1-7(8(9)10)5-6-14(11-2,12-3)13-4/h7H,5-6H2,1-4H3,(H,9,10). The second-order valence-corrected chi connectivity index (χ2v) is 6.16. The average molecular weight is 222 g/mol. The molecule has 6 heteroatoms. The van der Waals surface area contributed by atoms with Gasteiger partial charge in [-0.25, -0.2) is 0 Å². The van der Waals surface area contributed by atoms with Gasteiger partial charge in [0.15, 0.2) is 0 Å². The highest BCUT2D eigenvalue weighted by molar-refractivity contribution is 6.60. The maximum absolute atomic E-state index is 10.6. The third-order valence-electron chi connectivity index (χ3n) is 2.24. The summed E-state index contributed by atoms with van der Waals surface area (Å²) >= 11 is 0. The molecule has 0 spiro atoms. The Morgan fingerprint density at radius 3 is 2.00 bits per heavy atom. The van der Waals surface area contributed by atoms with Crippen molar-refractivity contribution in [3.8, 4) is 0 Å². The maximum Gasteiger partial charge on any atom is 0.500 e. The first kappa shape index (κ1) is 13.6. The van der Waals surface area contributed by atoms with Crippen LogP contribution in [0.15, 0.2) is 0 Å². The zero-order chi connectivity index (χ0) is 11.2. The van der Waals surface area contributed by atoms with Crippen molar-refractivity contribution in [2.45, 2.75) is 19.4 Å². The lowest BCUT2D eigenvalue weighted by Crippen LogP contribution is -2.43. The normalized spacial score (nSPS) is 14.0. The largest absolute Gasteiger partial charge is 0.500 e. The summed E-state index contributed by atoms with van der Waals surface area (Å²) in [4.78, 5) is 10.6. The summed E-state index contributed by atoms with van der Waals surface area (Å²) < 4.78 is 15.5. The minimum atomic E-state index is -2.59. The topological polar surface area (TPSA) is 65.0 Å². The van der Waals surface area contributed by atoms with Gasteiger partial charge in [-0.1, -0.05) is 6.92 Å². The molecule has 0 fully saturated rings. The minimum absolute atomic E-state index is 0.401. The maximum atomic E-state index is 10.6. The second kappa shape index (κ2) is 6.13. The van der Waals surface area contributed by atoms with Gasteiger partial charge in [-0.3, -0.25) is 4.79 Å². The third kappa shape index (κ3) is 3.75. The molecule has 0 heterocycles. The van der Waals surface area contributed by atoms with E-state index in [4.69, 9.17) is 18.4 Å². The number of hydrogen-bond acceptors (Lipinski definition) is 4. The monoisotopic (exact) mass is 222 g/mol. The Morgan fingerprint density at radius 2 is 1.71 bits per heavy atom. The molecule has 0 aromatic carbocycles. The molecular weight excluding hydrogens is 204 g/mol. The van der Waals surface area contributed by atoms with Crippen LogP contribution in [0.4, 0.5) is 0 Å². The van der Waals surface area contributed by atoms with Crippen LogP contribution in [0, 0.1) is 5.92 Å². The SMILES string of the molecule is CO[Si](CCC(C)C(=O)O)(OC)OC. The molecule has 0 aromatic heterocycles. The van der Waals surface area contributed by atoms with Crippen molar-refractivity contribution >= 4 is 14.8 Å². The van der Waals surface area contributed by atoms with Crippen LogP contribution in [-0.4, -0.2) is 41.2 Å². The summed E-state index contributed by atoms with van der Waals surface area (Å²) in [7, 11) is 1.97. The van der Waals surface area contributed by atoms with E-state index in [2.05, 4.69) is 0 Å². The summed E-state index contributed by atoms with van der Waals surface area (Å²) in [6, 6.07) is 0.518. The summed E-state index contributed by atoms with van der Waals surface area (Å²) in [5.74, 6) is -1.21. The van der Waals surface area contributed by atoms with Crippen LogP contribution in [0.2, 0.25) is 6.04 Å². The lowest BCUT2D eigenvalue weighted by Gasteiger charge is -2.24. The lowest BCUT2D eigenvalue weighted by molar-refractivity contribution is -0.141. The Hall–Kier alpha value is -0.433. The van der Waals surface area contributed by atoms with E-state index in [1.165, 1.54) is 21.3 Å². The third-order valence-corrected chi connectivity index (χ3v) is 5.01. The summed E-state index contributed by atoms with van der Waals surface area (Å²) in [6.45, 7) is 1.66. The van der Waals surface area contributed by atoms with Crippen LogP contribution in [0.25, 0.3) is 0 Å². The summed E-state index contributed by atoms with van der Waals surface area (Å²) in [5, 5.41) is 8.69. The van der Waals surface area contributed by atoms with E-state index in [0.29, 0.717) is 12.5 Å². The van der Waals surface area contributed by atoms with Crippen LogP contribution in [0.3, 0.4) is 0 Å². The Balaban J connectivity index is 4.12. The van der Waals surface area contributed by atoms with Crippen molar-refractivity contribution in [3.63, 3.8) is 0 Å². The van der Waals surface area contributed by atoms with E-state index >= 15 is 0 Å². The predicted molar refractivity (Wildman–Crippen MR) is 53.0 cm³/mol. The molecule has 0 bridgehead atoms. The van der Waals surface area contributed by atoms with Crippen LogP contribution < -0.4 is 0 Å². The van der Waals surface area contributed by atoms with E-state index in [1.807, 2.05) is 0 Å². The van der Waals surface area contributed by atoms with Crippen LogP contribution in [0.5, 0.6) is 0 Å². The van der Waals surface area contributed by atoms with Gasteiger partial charge in [-0.2, -0.15) is 0 Å². The van der Waals surface area contributed by atoms with Crippen molar-refractivity contribution < 1.29 is 23.2 Å². The van der Waals surface area contributed by atoms with Gasteiger partial charge >= 0.3 is 14.8 Å². The van der Waals surface area contributed by atoms with Crippen molar-refractivity contribution in [2.24, 2.45) is 5.92 Å². The molecule has 0 aliphatic rings. The highest BCUT2D eigenvalue weighted by Crippen LogP contribution is 2.18. The van der Waals surface area contributed by atoms with Crippen molar-refractivity contribution in [1.29, 1.82) is 0 Å². The number of carbonyl (C=O) groups is 1. The molecule has 0 saturated carbocycles. The fourth-order valence-electron chi connectivity index (χ4n) is 1.07. The highest BCUT2D eigenvalue weighted by Gasteiger charge is 2.38. The van der Waals surface area contributed by atoms with Crippen LogP contribution in [0.1, 0.15) is 13.3 Å². The van der Waals surface area contributed by atoms with E-state index < -0.39 is 20.7 Å². The number of hydrogen-bond donors (Lipinski definition) is 1. The van der Waals surface area contributed by atoms with Gasteiger partial charge in [0.1, 0.15) is 0 Å². The molecule has 0 amide bonds. The fourth-order valence-corrected chi connectivity index (χ4v) is 2.97. The number of carboxylic acids is 1. The Bertz CT molecular complexity index is 172. The lowest BCUT2D eigenvalue weighted by atomic mass is 10.1. The molecule has 1 atom stereocenters. The summed E-state index contributed by atoms with van der Waals surface area (Å²) in [6.07, 6.45) is 0.497. The molecule has 5 nitrogen and oxygen atoms in total. The molecule has 1 unspecified atom stereocenters. The van der Waals surface area contributed by atoms with Gasteiger partial charge in [-0.05, 0) is 6.42 Å². The fraction of sp³-hybridized carbons (Fsp3) is 0.875. The molecule has 84 valence electrons. The molecule has 0 aromatic rings. The highest BCUT2D eigenvalue weighted by atomic mass is 28.4. The molecule has 0 radical (unpaired) electrons. The molecule has 1 N–H and O–H groups in total. The Kier molecular flexibility index (Phi) is 5.94. The van der Waals surface area contributed by atoms with Crippen molar-refractivity contribution in [2.75, 3.05) is 21.3 Å². The molecule has 0 saturated heterocycles. The molecule has 0 rings (SSSR count). The Labute approximate surface area is 85.3 Å². The van der Waals surface area contributed by atoms with E-state index in [-0.39, 0.29) is 0 Å². The number of aliphatic carboxylic acids is 1. The van der Waals surface area contributed by atoms with E-state index in [9.17, 15) is 4.79 Å². The van der Waals surface area contributed by atoms with Gasteiger partial charge in [0.05, 0.1) is 5.92 Å². The van der Waals surface area contributed by atoms with Gasteiger partial charge in [-0.15, -0.1) is 0 Å². The van der Waals surface area contributed by atoms with Gasteiger partial charge in [0.25, 0.3) is 0 Å². The molecule has 14 heavy (non-hydrogen) atoms. The van der Waals surface area contributed by atoms with Gasteiger partial charge in [0.2, 0.25) is 0 Å². The smallest absolute Gasteiger partial charge is 0.481 e. The first-order valence-electron chi connectivity index (χ1n) is 4.39. The first-order chi connectivity index (χ1) is 6.51.